The fourth-order valence-electron chi connectivity index (χ4n) is 2.44. The first-order chi connectivity index (χ1) is 10.6. The van der Waals surface area contributed by atoms with Gasteiger partial charge in [-0.25, -0.2) is 5.01 Å². The van der Waals surface area contributed by atoms with Crippen molar-refractivity contribution in [2.45, 2.75) is 20.4 Å². The van der Waals surface area contributed by atoms with E-state index in [1.165, 1.54) is 0 Å². The van der Waals surface area contributed by atoms with Crippen molar-refractivity contribution in [2.75, 3.05) is 26.3 Å². The minimum absolute atomic E-state index is 0.235. The Morgan fingerprint density at radius 2 is 2.09 bits per heavy atom. The molecule has 1 amide bonds. The number of hydrogen-bond acceptors (Lipinski definition) is 5. The Morgan fingerprint density at radius 1 is 1.32 bits per heavy atom. The van der Waals surface area contributed by atoms with Crippen molar-refractivity contribution >= 4 is 5.91 Å². The van der Waals surface area contributed by atoms with Gasteiger partial charge in [0.1, 0.15) is 5.76 Å². The minimum atomic E-state index is -0.235. The molecule has 0 radical (unpaired) electrons. The molecule has 7 heteroatoms. The van der Waals surface area contributed by atoms with Gasteiger partial charge < -0.3 is 9.15 Å². The topological polar surface area (TPSA) is 72.5 Å². The third-order valence-electron chi connectivity index (χ3n) is 3.57. The summed E-state index contributed by atoms with van der Waals surface area (Å²) in [4.78, 5) is 12.1. The second-order valence-corrected chi connectivity index (χ2v) is 5.39. The monoisotopic (exact) mass is 304 g/mol. The molecule has 0 aromatic carbocycles. The van der Waals surface area contributed by atoms with Crippen LogP contribution in [-0.2, 0) is 11.3 Å². The van der Waals surface area contributed by atoms with Gasteiger partial charge in [-0.15, -0.1) is 0 Å². The van der Waals surface area contributed by atoms with E-state index in [1.807, 2.05) is 35.7 Å². The molecule has 3 rings (SSSR count). The second kappa shape index (κ2) is 6.33. The number of hydrogen-bond donors (Lipinski definition) is 1. The number of rotatable bonds is 4. The van der Waals surface area contributed by atoms with Crippen LogP contribution < -0.4 is 5.43 Å². The van der Waals surface area contributed by atoms with Crippen LogP contribution in [-0.4, -0.2) is 47.0 Å². The predicted molar refractivity (Wildman–Crippen MR) is 79.4 cm³/mol. The summed E-state index contributed by atoms with van der Waals surface area (Å²) in [6.07, 6.45) is 0. The molecule has 22 heavy (non-hydrogen) atoms. The van der Waals surface area contributed by atoms with Crippen LogP contribution in [0, 0.1) is 13.8 Å². The molecule has 7 nitrogen and oxygen atoms in total. The van der Waals surface area contributed by atoms with E-state index < -0.39 is 0 Å². The zero-order valence-corrected chi connectivity index (χ0v) is 12.8. The Bertz CT molecular complexity index is 656. The highest BCUT2D eigenvalue weighted by atomic mass is 16.5. The maximum Gasteiger partial charge on any atom is 0.301 e. The molecule has 3 heterocycles. The Balaban J connectivity index is 1.62. The molecule has 1 aliphatic heterocycles. The Labute approximate surface area is 128 Å². The van der Waals surface area contributed by atoms with E-state index in [9.17, 15) is 4.79 Å². The number of carbonyl (C=O) groups excluding carboxylic acids is 1. The van der Waals surface area contributed by atoms with Crippen LogP contribution in [0.5, 0.6) is 0 Å². The van der Waals surface area contributed by atoms with E-state index in [2.05, 4.69) is 10.5 Å². The van der Waals surface area contributed by atoms with Crippen molar-refractivity contribution < 1.29 is 13.9 Å². The van der Waals surface area contributed by atoms with Gasteiger partial charge in [0.2, 0.25) is 0 Å². The molecule has 1 N–H and O–H groups in total. The van der Waals surface area contributed by atoms with Gasteiger partial charge in [-0.05, 0) is 32.0 Å². The van der Waals surface area contributed by atoms with Gasteiger partial charge >= 0.3 is 5.91 Å². The number of ether oxygens (including phenoxy) is 1. The molecule has 0 aliphatic carbocycles. The molecule has 0 spiro atoms. The van der Waals surface area contributed by atoms with E-state index >= 15 is 0 Å². The average molecular weight is 304 g/mol. The van der Waals surface area contributed by atoms with Crippen molar-refractivity contribution in [3.8, 4) is 0 Å². The average Bonchev–Trinajstić information content (AvgIpc) is 3.07. The number of amides is 1. The third-order valence-corrected chi connectivity index (χ3v) is 3.57. The first-order valence-corrected chi connectivity index (χ1v) is 7.35. The van der Waals surface area contributed by atoms with Gasteiger partial charge in [0.05, 0.1) is 25.5 Å². The molecule has 118 valence electrons. The highest BCUT2D eigenvalue weighted by Gasteiger charge is 2.17. The molecule has 0 saturated carbocycles. The van der Waals surface area contributed by atoms with E-state index in [1.54, 1.807) is 6.07 Å². The van der Waals surface area contributed by atoms with Crippen molar-refractivity contribution in [3.05, 3.63) is 41.1 Å². The van der Waals surface area contributed by atoms with Gasteiger partial charge in [0.25, 0.3) is 0 Å². The van der Waals surface area contributed by atoms with Crippen LogP contribution >= 0.6 is 0 Å². The van der Waals surface area contributed by atoms with Gasteiger partial charge in [0.15, 0.2) is 5.76 Å². The van der Waals surface area contributed by atoms with Crippen molar-refractivity contribution in [3.63, 3.8) is 0 Å². The van der Waals surface area contributed by atoms with Gasteiger partial charge in [-0.2, -0.15) is 5.10 Å². The molecule has 2 aromatic heterocycles. The lowest BCUT2D eigenvalue weighted by atomic mass is 10.4. The molecular weight excluding hydrogens is 284 g/mol. The molecule has 1 aliphatic rings. The first kappa shape index (κ1) is 14.8. The minimum Gasteiger partial charge on any atom is -0.454 e. The summed E-state index contributed by atoms with van der Waals surface area (Å²) in [6.45, 7) is 7.09. The number of nitrogens with zero attached hydrogens (tertiary/aromatic N) is 3. The number of morpholine rings is 1. The van der Waals surface area contributed by atoms with Crippen LogP contribution in [0.2, 0.25) is 0 Å². The van der Waals surface area contributed by atoms with Crippen LogP contribution in [0.15, 0.2) is 22.6 Å². The Kier molecular flexibility index (Phi) is 4.26. The predicted octanol–water partition coefficient (Wildman–Crippen LogP) is 1.12. The van der Waals surface area contributed by atoms with Crippen LogP contribution in [0.1, 0.15) is 27.7 Å². The molecule has 2 aromatic rings. The fourth-order valence-corrected chi connectivity index (χ4v) is 2.44. The summed E-state index contributed by atoms with van der Waals surface area (Å²) in [6, 6.07) is 5.51. The second-order valence-electron chi connectivity index (χ2n) is 5.39. The SMILES string of the molecule is Cc1cc(C)n(Cc2ccc(C(=O)NN3CCOCC3)o2)n1. The van der Waals surface area contributed by atoms with Crippen LogP contribution in [0.4, 0.5) is 0 Å². The van der Waals surface area contributed by atoms with Gasteiger partial charge in [0, 0.05) is 18.8 Å². The highest BCUT2D eigenvalue weighted by molar-refractivity contribution is 5.91. The summed E-state index contributed by atoms with van der Waals surface area (Å²) in [5.74, 6) is 0.780. The quantitative estimate of drug-likeness (QED) is 0.916. The zero-order chi connectivity index (χ0) is 15.5. The highest BCUT2D eigenvalue weighted by Crippen LogP contribution is 2.12. The molecule has 1 saturated heterocycles. The van der Waals surface area contributed by atoms with E-state index in [-0.39, 0.29) is 5.91 Å². The number of hydrazine groups is 1. The standard InChI is InChI=1S/C15H20N4O3/c1-11-9-12(2)19(16-11)10-13-3-4-14(22-13)15(20)17-18-5-7-21-8-6-18/h3-4,9H,5-8,10H2,1-2H3,(H,17,20). The number of nitrogens with one attached hydrogen (secondary N) is 1. The van der Waals surface area contributed by atoms with E-state index in [4.69, 9.17) is 9.15 Å². The number of carbonyl (C=O) groups is 1. The van der Waals surface area contributed by atoms with Crippen molar-refractivity contribution in [1.82, 2.24) is 20.2 Å². The molecule has 1 fully saturated rings. The van der Waals surface area contributed by atoms with Gasteiger partial charge in [-0.1, -0.05) is 0 Å². The molecule has 0 atom stereocenters. The maximum absolute atomic E-state index is 12.1. The number of aromatic nitrogens is 2. The third kappa shape index (κ3) is 3.37. The van der Waals surface area contributed by atoms with Crippen molar-refractivity contribution in [1.29, 1.82) is 0 Å². The largest absolute Gasteiger partial charge is 0.454 e. The lowest BCUT2D eigenvalue weighted by Crippen LogP contribution is -2.48. The summed E-state index contributed by atoms with van der Waals surface area (Å²) in [5, 5.41) is 6.23. The van der Waals surface area contributed by atoms with E-state index in [0.29, 0.717) is 44.4 Å². The van der Waals surface area contributed by atoms with Crippen LogP contribution in [0.25, 0.3) is 0 Å². The lowest BCUT2D eigenvalue weighted by Gasteiger charge is -2.26. The molecule has 0 unspecified atom stereocenters. The molecule has 0 bridgehead atoms. The Morgan fingerprint density at radius 3 is 2.77 bits per heavy atom. The summed E-state index contributed by atoms with van der Waals surface area (Å²) in [7, 11) is 0. The van der Waals surface area contributed by atoms with E-state index in [0.717, 1.165) is 11.4 Å². The maximum atomic E-state index is 12.1. The smallest absolute Gasteiger partial charge is 0.301 e. The number of furan rings is 1. The zero-order valence-electron chi connectivity index (χ0n) is 12.8. The van der Waals surface area contributed by atoms with Crippen LogP contribution in [0.3, 0.4) is 0 Å². The fraction of sp³-hybridized carbons (Fsp3) is 0.467. The summed E-state index contributed by atoms with van der Waals surface area (Å²) in [5.41, 5.74) is 4.86. The van der Waals surface area contributed by atoms with Gasteiger partial charge in [-0.3, -0.25) is 14.9 Å². The summed E-state index contributed by atoms with van der Waals surface area (Å²) >= 11 is 0. The molecular formula is C15H20N4O3. The normalized spacial score (nSPS) is 15.9. The Hall–Kier alpha value is -2.12. The van der Waals surface area contributed by atoms with Crippen molar-refractivity contribution in [2.24, 2.45) is 0 Å². The summed E-state index contributed by atoms with van der Waals surface area (Å²) < 4.78 is 12.7. The lowest BCUT2D eigenvalue weighted by molar-refractivity contribution is 0.0117. The number of aryl methyl sites for hydroxylation is 2. The first-order valence-electron chi connectivity index (χ1n) is 7.35.